The molecule has 4 nitrogen and oxygen atoms in total. The monoisotopic (exact) mass is 709 g/mol. The van der Waals surface area contributed by atoms with Crippen LogP contribution in [-0.4, -0.2) is 36.0 Å². The topological polar surface area (TPSA) is 66.8 Å². The Labute approximate surface area is 314 Å². The van der Waals surface area contributed by atoms with E-state index in [1.54, 1.807) is 0 Å². The molecule has 0 radical (unpaired) electrons. The Balaban J connectivity index is 3.13. The second-order valence-corrected chi connectivity index (χ2v) is 15.9. The summed E-state index contributed by atoms with van der Waals surface area (Å²) < 4.78 is 5.47. The van der Waals surface area contributed by atoms with Gasteiger partial charge in [-0.3, -0.25) is 4.79 Å². The summed E-state index contributed by atoms with van der Waals surface area (Å²) in [5.41, 5.74) is 0. The zero-order chi connectivity index (χ0) is 36.1. The predicted octanol–water partition coefficient (Wildman–Crippen LogP) is 14.9. The van der Waals surface area contributed by atoms with Gasteiger partial charge in [-0.25, -0.2) is 0 Å². The number of carbonyl (C=O) groups excluding carboxylic acids is 1. The van der Waals surface area contributed by atoms with Crippen LogP contribution in [0.3, 0.4) is 0 Å². The van der Waals surface area contributed by atoms with E-state index < -0.39 is 0 Å². The summed E-state index contributed by atoms with van der Waals surface area (Å²) >= 11 is 0. The van der Waals surface area contributed by atoms with Gasteiger partial charge < -0.3 is 14.9 Å². The van der Waals surface area contributed by atoms with Crippen LogP contribution < -0.4 is 0 Å². The van der Waals surface area contributed by atoms with Crippen molar-refractivity contribution in [2.24, 2.45) is 0 Å². The van der Waals surface area contributed by atoms with Gasteiger partial charge in [-0.2, -0.15) is 0 Å². The summed E-state index contributed by atoms with van der Waals surface area (Å²) in [4.78, 5) is 12.0. The molecule has 0 aliphatic rings. The highest BCUT2D eigenvalue weighted by atomic mass is 16.5. The van der Waals surface area contributed by atoms with Crippen LogP contribution in [-0.2, 0) is 9.53 Å². The van der Waals surface area contributed by atoms with Crippen LogP contribution in [0.5, 0.6) is 0 Å². The molecule has 2 N–H and O–H groups in total. The highest BCUT2D eigenvalue weighted by molar-refractivity contribution is 5.69. The first-order valence-electron chi connectivity index (χ1n) is 23.2. The van der Waals surface area contributed by atoms with Gasteiger partial charge >= 0.3 is 5.97 Å². The predicted molar refractivity (Wildman–Crippen MR) is 219 cm³/mol. The fourth-order valence-corrected chi connectivity index (χ4v) is 7.39. The van der Waals surface area contributed by atoms with Crippen LogP contribution in [0.2, 0.25) is 0 Å². The zero-order valence-corrected chi connectivity index (χ0v) is 34.0. The number of ether oxygens (including phenoxy) is 1. The minimum absolute atomic E-state index is 0.0173. The van der Waals surface area contributed by atoms with Gasteiger partial charge in [0, 0.05) is 19.6 Å². The van der Waals surface area contributed by atoms with Gasteiger partial charge in [-0.15, -0.1) is 0 Å². The van der Waals surface area contributed by atoms with Crippen molar-refractivity contribution in [1.82, 2.24) is 0 Å². The van der Waals surface area contributed by atoms with Crippen LogP contribution in [0.4, 0.5) is 0 Å². The van der Waals surface area contributed by atoms with E-state index in [4.69, 9.17) is 14.9 Å². The molecule has 0 saturated carbocycles. The summed E-state index contributed by atoms with van der Waals surface area (Å²) in [6, 6.07) is 0. The van der Waals surface area contributed by atoms with Crippen molar-refractivity contribution in [3.05, 3.63) is 0 Å². The van der Waals surface area contributed by atoms with Gasteiger partial charge in [-0.1, -0.05) is 238 Å². The van der Waals surface area contributed by atoms with Gasteiger partial charge in [0.1, 0.15) is 0 Å². The Hall–Kier alpha value is -0.610. The van der Waals surface area contributed by atoms with Crippen LogP contribution in [0.25, 0.3) is 0 Å². The van der Waals surface area contributed by atoms with Gasteiger partial charge in [-0.05, 0) is 25.7 Å². The standard InChI is InChI=1S/C46H92O4/c47-43-39-35-31-27-23-19-15-11-9-7-5-3-1-2-4-6-8-10-12-17-21-25-29-33-37-41-45-50-46(49)42-38-34-30-26-22-18-14-13-16-20-24-28-32-36-40-44-48/h47-48H,1-45H2. The minimum atomic E-state index is 0.0173. The lowest BCUT2D eigenvalue weighted by Gasteiger charge is -2.06. The molecule has 0 aliphatic heterocycles. The second-order valence-electron chi connectivity index (χ2n) is 15.9. The van der Waals surface area contributed by atoms with E-state index in [1.165, 1.54) is 238 Å². The van der Waals surface area contributed by atoms with Gasteiger partial charge in [0.25, 0.3) is 0 Å². The maximum atomic E-state index is 12.0. The lowest BCUT2D eigenvalue weighted by atomic mass is 10.0. The van der Waals surface area contributed by atoms with E-state index in [9.17, 15) is 4.79 Å². The summed E-state index contributed by atoms with van der Waals surface area (Å²) in [5, 5.41) is 17.6. The smallest absolute Gasteiger partial charge is 0.305 e. The van der Waals surface area contributed by atoms with E-state index in [-0.39, 0.29) is 5.97 Å². The van der Waals surface area contributed by atoms with Crippen molar-refractivity contribution in [2.45, 2.75) is 270 Å². The first-order chi connectivity index (χ1) is 24.8. The third-order valence-corrected chi connectivity index (χ3v) is 10.9. The van der Waals surface area contributed by atoms with E-state index >= 15 is 0 Å². The van der Waals surface area contributed by atoms with Gasteiger partial charge in [0.2, 0.25) is 0 Å². The average Bonchev–Trinajstić information content (AvgIpc) is 3.12. The van der Waals surface area contributed by atoms with Gasteiger partial charge in [0.15, 0.2) is 0 Å². The SMILES string of the molecule is O=C(CCCCCCCCCCCCCCCCCO)OCCCCCCCCCCCCCCCCCCCCCCCCCCCCO. The Bertz CT molecular complexity index is 609. The molecule has 0 amide bonds. The quantitative estimate of drug-likeness (QED) is 0.0488. The molecule has 300 valence electrons. The molecule has 0 atom stereocenters. The molecule has 0 bridgehead atoms. The first-order valence-corrected chi connectivity index (χ1v) is 23.2. The van der Waals surface area contributed by atoms with Crippen molar-refractivity contribution in [3.8, 4) is 0 Å². The van der Waals surface area contributed by atoms with Crippen LogP contribution in [0, 0.1) is 0 Å². The number of esters is 1. The number of unbranched alkanes of at least 4 members (excludes halogenated alkanes) is 39. The molecule has 0 spiro atoms. The maximum Gasteiger partial charge on any atom is 0.305 e. The summed E-state index contributed by atoms with van der Waals surface area (Å²) in [6.45, 7) is 1.34. The van der Waals surface area contributed by atoms with Gasteiger partial charge in [0.05, 0.1) is 6.61 Å². The lowest BCUT2D eigenvalue weighted by molar-refractivity contribution is -0.143. The average molecular weight is 709 g/mol. The highest BCUT2D eigenvalue weighted by Gasteiger charge is 2.03. The molecule has 0 saturated heterocycles. The number of rotatable bonds is 45. The molecule has 0 unspecified atom stereocenters. The highest BCUT2D eigenvalue weighted by Crippen LogP contribution is 2.17. The van der Waals surface area contributed by atoms with Crippen molar-refractivity contribution >= 4 is 5.97 Å². The molecule has 0 aliphatic carbocycles. The second kappa shape index (κ2) is 46.4. The van der Waals surface area contributed by atoms with E-state index in [2.05, 4.69) is 0 Å². The van der Waals surface area contributed by atoms with Crippen LogP contribution in [0.1, 0.15) is 270 Å². The fraction of sp³-hybridized carbons (Fsp3) is 0.978. The fourth-order valence-electron chi connectivity index (χ4n) is 7.39. The lowest BCUT2D eigenvalue weighted by Crippen LogP contribution is -2.05. The molecule has 0 fully saturated rings. The summed E-state index contributed by atoms with van der Waals surface area (Å²) in [6.07, 6.45) is 55.2. The largest absolute Gasteiger partial charge is 0.466 e. The Morgan fingerprint density at radius 2 is 0.440 bits per heavy atom. The van der Waals surface area contributed by atoms with Crippen LogP contribution in [0.15, 0.2) is 0 Å². The first kappa shape index (κ1) is 49.4. The minimum Gasteiger partial charge on any atom is -0.466 e. The Kier molecular flexibility index (Phi) is 45.8. The molecule has 0 aromatic carbocycles. The molecule has 0 heterocycles. The third-order valence-electron chi connectivity index (χ3n) is 10.9. The van der Waals surface area contributed by atoms with Crippen molar-refractivity contribution < 1.29 is 19.7 Å². The molecule has 0 rings (SSSR count). The molecule has 0 aromatic heterocycles. The van der Waals surface area contributed by atoms with Crippen LogP contribution >= 0.6 is 0 Å². The van der Waals surface area contributed by atoms with Crippen molar-refractivity contribution in [1.29, 1.82) is 0 Å². The molecule has 4 heteroatoms. The molecular weight excluding hydrogens is 617 g/mol. The molecular formula is C46H92O4. The molecule has 0 aromatic rings. The summed E-state index contributed by atoms with van der Waals surface area (Å²) in [5.74, 6) is 0.0173. The molecule has 50 heavy (non-hydrogen) atoms. The van der Waals surface area contributed by atoms with E-state index in [1.807, 2.05) is 0 Å². The Morgan fingerprint density at radius 1 is 0.260 bits per heavy atom. The number of aliphatic hydroxyl groups is 2. The zero-order valence-electron chi connectivity index (χ0n) is 34.0. The number of carbonyl (C=O) groups is 1. The number of hydrogen-bond donors (Lipinski definition) is 2. The third kappa shape index (κ3) is 45.4. The van der Waals surface area contributed by atoms with E-state index in [0.29, 0.717) is 26.2 Å². The maximum absolute atomic E-state index is 12.0. The van der Waals surface area contributed by atoms with Crippen molar-refractivity contribution in [3.63, 3.8) is 0 Å². The number of aliphatic hydroxyl groups excluding tert-OH is 2. The summed E-state index contributed by atoms with van der Waals surface area (Å²) in [7, 11) is 0. The normalized spacial score (nSPS) is 11.5. The Morgan fingerprint density at radius 3 is 0.660 bits per heavy atom. The van der Waals surface area contributed by atoms with E-state index in [0.717, 1.165) is 25.7 Å². The number of hydrogen-bond acceptors (Lipinski definition) is 4. The van der Waals surface area contributed by atoms with Crippen molar-refractivity contribution in [2.75, 3.05) is 19.8 Å².